The maximum atomic E-state index is 10.7. The summed E-state index contributed by atoms with van der Waals surface area (Å²) in [5.41, 5.74) is -0.00972. The number of nitrogens with zero attached hydrogens (tertiary/aromatic N) is 2. The van der Waals surface area contributed by atoms with Gasteiger partial charge in [0.25, 0.3) is 0 Å². The highest BCUT2D eigenvalue weighted by Gasteiger charge is 2.09. The summed E-state index contributed by atoms with van der Waals surface area (Å²) in [6, 6.07) is 4.75. The third kappa shape index (κ3) is 3.06. The van der Waals surface area contributed by atoms with Crippen LogP contribution in [0.4, 0.5) is 5.82 Å². The summed E-state index contributed by atoms with van der Waals surface area (Å²) in [4.78, 5) is 16.5. The molecule has 0 amide bonds. The molecule has 1 aromatic heterocycles. The van der Waals surface area contributed by atoms with E-state index < -0.39 is 5.97 Å². The van der Waals surface area contributed by atoms with Crippen LogP contribution < -0.4 is 4.90 Å². The molecular weight excluding hydrogens is 208 g/mol. The fraction of sp³-hybridized carbons (Fsp3) is 0.273. The second-order valence-electron chi connectivity index (χ2n) is 3.14. The lowest BCUT2D eigenvalue weighted by Gasteiger charge is -2.20. The Morgan fingerprint density at radius 1 is 1.56 bits per heavy atom. The zero-order chi connectivity index (χ0) is 12.0. The summed E-state index contributed by atoms with van der Waals surface area (Å²) >= 11 is 0. The molecule has 1 aromatic rings. The minimum absolute atomic E-state index is 0.00972. The summed E-state index contributed by atoms with van der Waals surface area (Å²) in [5.74, 6) is -0.543. The van der Waals surface area contributed by atoms with Crippen molar-refractivity contribution in [2.75, 3.05) is 24.6 Å². The van der Waals surface area contributed by atoms with Crippen LogP contribution in [0.15, 0.2) is 30.9 Å². The molecule has 5 nitrogen and oxygen atoms in total. The van der Waals surface area contributed by atoms with Crippen LogP contribution in [0.5, 0.6) is 0 Å². The minimum Gasteiger partial charge on any atom is -0.477 e. The molecule has 1 rings (SSSR count). The number of carboxylic acid groups (broad SMARTS) is 1. The summed E-state index contributed by atoms with van der Waals surface area (Å²) in [6.45, 7) is 4.48. The summed E-state index contributed by atoms with van der Waals surface area (Å²) in [5, 5.41) is 17.7. The maximum absolute atomic E-state index is 10.7. The Morgan fingerprint density at radius 2 is 2.31 bits per heavy atom. The molecule has 0 radical (unpaired) electrons. The Bertz CT molecular complexity index is 379. The topological polar surface area (TPSA) is 73.7 Å². The van der Waals surface area contributed by atoms with E-state index in [1.165, 1.54) is 6.07 Å². The second kappa shape index (κ2) is 5.87. The van der Waals surface area contributed by atoms with Gasteiger partial charge in [-0.25, -0.2) is 9.78 Å². The quantitative estimate of drug-likeness (QED) is 0.695. The van der Waals surface area contributed by atoms with Gasteiger partial charge in [0.15, 0.2) is 5.69 Å². The van der Waals surface area contributed by atoms with Gasteiger partial charge in [-0.05, 0) is 12.1 Å². The Balaban J connectivity index is 2.94. The van der Waals surface area contributed by atoms with E-state index in [2.05, 4.69) is 11.6 Å². The monoisotopic (exact) mass is 222 g/mol. The smallest absolute Gasteiger partial charge is 0.354 e. The van der Waals surface area contributed by atoms with Crippen LogP contribution >= 0.6 is 0 Å². The van der Waals surface area contributed by atoms with Gasteiger partial charge >= 0.3 is 5.97 Å². The van der Waals surface area contributed by atoms with Gasteiger partial charge in [0.2, 0.25) is 0 Å². The van der Waals surface area contributed by atoms with E-state index in [4.69, 9.17) is 10.2 Å². The molecule has 0 bridgehead atoms. The first-order valence-electron chi connectivity index (χ1n) is 4.86. The first-order valence-corrected chi connectivity index (χ1v) is 4.86. The number of aromatic carboxylic acids is 1. The first-order chi connectivity index (χ1) is 7.69. The molecule has 0 saturated heterocycles. The number of carbonyl (C=O) groups is 1. The normalized spacial score (nSPS) is 9.81. The van der Waals surface area contributed by atoms with E-state index in [0.29, 0.717) is 18.9 Å². The van der Waals surface area contributed by atoms with Crippen LogP contribution in [0.25, 0.3) is 0 Å². The van der Waals surface area contributed by atoms with E-state index in [9.17, 15) is 4.79 Å². The Morgan fingerprint density at radius 3 is 2.88 bits per heavy atom. The Labute approximate surface area is 93.7 Å². The lowest BCUT2D eigenvalue weighted by atomic mass is 10.3. The summed E-state index contributed by atoms with van der Waals surface area (Å²) in [7, 11) is 0. The molecular formula is C11H14N2O3. The zero-order valence-electron chi connectivity index (χ0n) is 8.83. The van der Waals surface area contributed by atoms with Crippen molar-refractivity contribution < 1.29 is 15.0 Å². The van der Waals surface area contributed by atoms with Crippen molar-refractivity contribution in [2.45, 2.75) is 0 Å². The van der Waals surface area contributed by atoms with Crippen LogP contribution in [-0.4, -0.2) is 40.9 Å². The van der Waals surface area contributed by atoms with Crippen molar-refractivity contribution in [3.8, 4) is 0 Å². The average Bonchev–Trinajstić information content (AvgIpc) is 2.29. The van der Waals surface area contributed by atoms with Gasteiger partial charge in [-0.3, -0.25) is 0 Å². The van der Waals surface area contributed by atoms with Gasteiger partial charge in [0.1, 0.15) is 5.82 Å². The van der Waals surface area contributed by atoms with E-state index >= 15 is 0 Å². The molecule has 0 aliphatic carbocycles. The third-order valence-corrected chi connectivity index (χ3v) is 2.00. The Kier molecular flexibility index (Phi) is 4.47. The van der Waals surface area contributed by atoms with E-state index in [1.54, 1.807) is 23.1 Å². The van der Waals surface area contributed by atoms with Gasteiger partial charge in [-0.1, -0.05) is 12.1 Å². The highest BCUT2D eigenvalue weighted by molar-refractivity contribution is 5.85. The largest absolute Gasteiger partial charge is 0.477 e. The fourth-order valence-corrected chi connectivity index (χ4v) is 1.29. The summed E-state index contributed by atoms with van der Waals surface area (Å²) in [6.07, 6.45) is 1.67. The molecule has 0 spiro atoms. The third-order valence-electron chi connectivity index (χ3n) is 2.00. The van der Waals surface area contributed by atoms with E-state index in [0.717, 1.165) is 0 Å². The van der Waals surface area contributed by atoms with Gasteiger partial charge in [-0.15, -0.1) is 6.58 Å². The van der Waals surface area contributed by atoms with Crippen molar-refractivity contribution in [1.29, 1.82) is 0 Å². The fourth-order valence-electron chi connectivity index (χ4n) is 1.29. The average molecular weight is 222 g/mol. The second-order valence-corrected chi connectivity index (χ2v) is 3.14. The van der Waals surface area contributed by atoms with Gasteiger partial charge in [0, 0.05) is 13.1 Å². The van der Waals surface area contributed by atoms with Crippen molar-refractivity contribution >= 4 is 11.8 Å². The van der Waals surface area contributed by atoms with Crippen molar-refractivity contribution in [2.24, 2.45) is 0 Å². The lowest BCUT2D eigenvalue weighted by molar-refractivity contribution is 0.0690. The number of pyridine rings is 1. The Hall–Kier alpha value is -1.88. The number of aromatic nitrogens is 1. The van der Waals surface area contributed by atoms with Gasteiger partial charge in [-0.2, -0.15) is 0 Å². The van der Waals surface area contributed by atoms with Crippen molar-refractivity contribution in [3.63, 3.8) is 0 Å². The number of hydrogen-bond acceptors (Lipinski definition) is 4. The zero-order valence-corrected chi connectivity index (χ0v) is 8.83. The van der Waals surface area contributed by atoms with Gasteiger partial charge in [0.05, 0.1) is 6.61 Å². The molecule has 0 aromatic carbocycles. The first kappa shape index (κ1) is 12.2. The molecule has 16 heavy (non-hydrogen) atoms. The minimum atomic E-state index is -1.07. The van der Waals surface area contributed by atoms with Crippen molar-refractivity contribution in [3.05, 3.63) is 36.5 Å². The molecule has 0 atom stereocenters. The molecule has 5 heteroatoms. The molecule has 0 fully saturated rings. The highest BCUT2D eigenvalue weighted by Crippen LogP contribution is 2.11. The molecule has 0 aliphatic rings. The number of aliphatic hydroxyl groups is 1. The number of rotatable bonds is 6. The molecule has 86 valence electrons. The van der Waals surface area contributed by atoms with Crippen LogP contribution in [0, 0.1) is 0 Å². The van der Waals surface area contributed by atoms with E-state index in [1.807, 2.05) is 0 Å². The number of aliphatic hydroxyl groups excluding tert-OH is 1. The number of carboxylic acids is 1. The van der Waals surface area contributed by atoms with Crippen LogP contribution in [0.1, 0.15) is 10.5 Å². The predicted molar refractivity (Wildman–Crippen MR) is 60.7 cm³/mol. The SMILES string of the molecule is C=CCN(CCO)c1cccc(C(=O)O)n1. The standard InChI is InChI=1S/C11H14N2O3/c1-2-6-13(7-8-14)10-5-3-4-9(12-10)11(15)16/h2-5,14H,1,6-8H2,(H,15,16). The molecule has 0 aliphatic heterocycles. The molecule has 0 saturated carbocycles. The lowest BCUT2D eigenvalue weighted by Crippen LogP contribution is -2.27. The predicted octanol–water partition coefficient (Wildman–Crippen LogP) is 0.764. The molecule has 2 N–H and O–H groups in total. The molecule has 0 unspecified atom stereocenters. The van der Waals surface area contributed by atoms with Crippen LogP contribution in [0.3, 0.4) is 0 Å². The maximum Gasteiger partial charge on any atom is 0.354 e. The van der Waals surface area contributed by atoms with Crippen molar-refractivity contribution in [1.82, 2.24) is 4.98 Å². The summed E-state index contributed by atoms with van der Waals surface area (Å²) < 4.78 is 0. The number of hydrogen-bond donors (Lipinski definition) is 2. The highest BCUT2D eigenvalue weighted by atomic mass is 16.4. The van der Waals surface area contributed by atoms with Crippen LogP contribution in [0.2, 0.25) is 0 Å². The molecule has 1 heterocycles. The number of anilines is 1. The van der Waals surface area contributed by atoms with Crippen LogP contribution in [-0.2, 0) is 0 Å². The van der Waals surface area contributed by atoms with E-state index in [-0.39, 0.29) is 12.3 Å². The van der Waals surface area contributed by atoms with Gasteiger partial charge < -0.3 is 15.1 Å².